The zero-order valence-electron chi connectivity index (χ0n) is 6.25. The van der Waals surface area contributed by atoms with E-state index >= 15 is 0 Å². The molecule has 0 unspecified atom stereocenters. The van der Waals surface area contributed by atoms with Gasteiger partial charge in [0.05, 0.1) is 5.69 Å². The Morgan fingerprint density at radius 2 is 2.25 bits per heavy atom. The van der Waals surface area contributed by atoms with Gasteiger partial charge in [0.1, 0.15) is 0 Å². The summed E-state index contributed by atoms with van der Waals surface area (Å²) >= 11 is 3.34. The van der Waals surface area contributed by atoms with Crippen molar-refractivity contribution >= 4 is 33.6 Å². The summed E-state index contributed by atoms with van der Waals surface area (Å²) in [7, 11) is 0. The predicted molar refractivity (Wildman–Crippen MR) is 51.2 cm³/mol. The number of carbonyl (C=O) groups excluding carboxylic acids is 1. The van der Waals surface area contributed by atoms with Crippen LogP contribution in [0.25, 0.3) is 0 Å². The van der Waals surface area contributed by atoms with E-state index in [9.17, 15) is 4.79 Å². The van der Waals surface area contributed by atoms with E-state index in [1.165, 1.54) is 0 Å². The molecule has 1 aromatic rings. The van der Waals surface area contributed by atoms with Gasteiger partial charge in [-0.1, -0.05) is 6.07 Å². The standard InChI is InChI=1S/C9H6BrNO/c10-7-3-1-2-6-8(12)4-5-11-9(6)7/h1-3,5H,4H2. The van der Waals surface area contributed by atoms with Crippen LogP contribution in [0, 0.1) is 0 Å². The van der Waals surface area contributed by atoms with Gasteiger partial charge in [0.25, 0.3) is 0 Å². The number of carbonyl (C=O) groups is 1. The molecule has 60 valence electrons. The molecule has 0 radical (unpaired) electrons. The van der Waals surface area contributed by atoms with Crippen molar-refractivity contribution in [3.63, 3.8) is 0 Å². The van der Waals surface area contributed by atoms with Gasteiger partial charge >= 0.3 is 0 Å². The minimum Gasteiger partial charge on any atom is -0.294 e. The molecule has 0 aliphatic carbocycles. The van der Waals surface area contributed by atoms with E-state index in [0.717, 1.165) is 10.2 Å². The first-order valence-electron chi connectivity index (χ1n) is 3.63. The molecule has 2 nitrogen and oxygen atoms in total. The Morgan fingerprint density at radius 3 is 3.00 bits per heavy atom. The summed E-state index contributed by atoms with van der Waals surface area (Å²) in [6, 6.07) is 5.54. The topological polar surface area (TPSA) is 29.4 Å². The molecule has 0 saturated carbocycles. The molecule has 0 bridgehead atoms. The number of hydrogen-bond acceptors (Lipinski definition) is 2. The Morgan fingerprint density at radius 1 is 1.42 bits per heavy atom. The Balaban J connectivity index is 2.69. The SMILES string of the molecule is O=C1CC=Nc2c(Br)cccc21. The Hall–Kier alpha value is -0.960. The summed E-state index contributed by atoms with van der Waals surface area (Å²) in [5.41, 5.74) is 1.47. The van der Waals surface area contributed by atoms with Crippen molar-refractivity contribution in [2.45, 2.75) is 6.42 Å². The molecule has 0 fully saturated rings. The van der Waals surface area contributed by atoms with E-state index in [0.29, 0.717) is 12.0 Å². The van der Waals surface area contributed by atoms with Gasteiger partial charge in [-0.2, -0.15) is 0 Å². The predicted octanol–water partition coefficient (Wildman–Crippen LogP) is 2.74. The third kappa shape index (κ3) is 1.10. The highest BCUT2D eigenvalue weighted by Crippen LogP contribution is 2.31. The lowest BCUT2D eigenvalue weighted by molar-refractivity contribution is 0.100. The molecular formula is C9H6BrNO. The first-order valence-corrected chi connectivity index (χ1v) is 4.42. The van der Waals surface area contributed by atoms with Crippen LogP contribution in [0.2, 0.25) is 0 Å². The van der Waals surface area contributed by atoms with Gasteiger partial charge in [-0.05, 0) is 28.1 Å². The van der Waals surface area contributed by atoms with E-state index in [1.54, 1.807) is 12.3 Å². The van der Waals surface area contributed by atoms with Gasteiger partial charge < -0.3 is 0 Å². The monoisotopic (exact) mass is 223 g/mol. The van der Waals surface area contributed by atoms with Crippen LogP contribution in [0.3, 0.4) is 0 Å². The third-order valence-corrected chi connectivity index (χ3v) is 2.42. The number of benzene rings is 1. The largest absolute Gasteiger partial charge is 0.294 e. The molecule has 3 heteroatoms. The molecule has 12 heavy (non-hydrogen) atoms. The Bertz CT molecular complexity index is 371. The van der Waals surface area contributed by atoms with Gasteiger partial charge in [0, 0.05) is 22.7 Å². The van der Waals surface area contributed by atoms with Crippen LogP contribution in [0.5, 0.6) is 0 Å². The maximum atomic E-state index is 11.3. The van der Waals surface area contributed by atoms with Crippen molar-refractivity contribution < 1.29 is 4.79 Å². The number of halogens is 1. The highest BCUT2D eigenvalue weighted by atomic mass is 79.9. The zero-order valence-corrected chi connectivity index (χ0v) is 7.84. The fourth-order valence-electron chi connectivity index (χ4n) is 1.20. The lowest BCUT2D eigenvalue weighted by atomic mass is 10.0. The quantitative estimate of drug-likeness (QED) is 0.666. The van der Waals surface area contributed by atoms with Crippen LogP contribution in [0.4, 0.5) is 5.69 Å². The summed E-state index contributed by atoms with van der Waals surface area (Å²) in [5, 5.41) is 0. The molecule has 1 aliphatic heterocycles. The molecular weight excluding hydrogens is 218 g/mol. The number of hydrogen-bond donors (Lipinski definition) is 0. The summed E-state index contributed by atoms with van der Waals surface area (Å²) < 4.78 is 0.879. The van der Waals surface area contributed by atoms with Crippen LogP contribution in [-0.4, -0.2) is 12.0 Å². The van der Waals surface area contributed by atoms with E-state index in [1.807, 2.05) is 12.1 Å². The average Bonchev–Trinajstić information content (AvgIpc) is 2.07. The van der Waals surface area contributed by atoms with Gasteiger partial charge in [-0.25, -0.2) is 0 Å². The molecule has 0 atom stereocenters. The minimum absolute atomic E-state index is 0.140. The van der Waals surface area contributed by atoms with Crippen molar-refractivity contribution in [1.82, 2.24) is 0 Å². The van der Waals surface area contributed by atoms with Crippen molar-refractivity contribution in [3.05, 3.63) is 28.2 Å². The zero-order chi connectivity index (χ0) is 8.55. The molecule has 0 N–H and O–H groups in total. The lowest BCUT2D eigenvalue weighted by Crippen LogP contribution is -2.04. The van der Waals surface area contributed by atoms with E-state index < -0.39 is 0 Å². The molecule has 1 aliphatic rings. The number of nitrogens with zero attached hydrogens (tertiary/aromatic N) is 1. The van der Waals surface area contributed by atoms with Gasteiger partial charge in [0.2, 0.25) is 0 Å². The number of ketones is 1. The normalized spacial score (nSPS) is 14.6. The summed E-state index contributed by atoms with van der Waals surface area (Å²) in [4.78, 5) is 15.5. The molecule has 1 aromatic carbocycles. The number of para-hydroxylation sites is 1. The maximum Gasteiger partial charge on any atom is 0.170 e. The molecule has 2 rings (SSSR count). The number of fused-ring (bicyclic) bond motifs is 1. The number of rotatable bonds is 0. The molecule has 0 amide bonds. The smallest absolute Gasteiger partial charge is 0.170 e. The third-order valence-electron chi connectivity index (χ3n) is 1.78. The van der Waals surface area contributed by atoms with Crippen LogP contribution < -0.4 is 0 Å². The van der Waals surface area contributed by atoms with Gasteiger partial charge in [0.15, 0.2) is 5.78 Å². The highest BCUT2D eigenvalue weighted by Gasteiger charge is 2.15. The first kappa shape index (κ1) is 7.68. The minimum atomic E-state index is 0.140. The number of aliphatic imine (C=N–C) groups is 1. The van der Waals surface area contributed by atoms with Crippen LogP contribution in [0.1, 0.15) is 16.8 Å². The second kappa shape index (κ2) is 2.83. The first-order chi connectivity index (χ1) is 5.79. The molecule has 1 heterocycles. The Labute approximate surface area is 78.4 Å². The van der Waals surface area contributed by atoms with Gasteiger partial charge in [-0.3, -0.25) is 9.79 Å². The fraction of sp³-hybridized carbons (Fsp3) is 0.111. The second-order valence-electron chi connectivity index (χ2n) is 2.57. The van der Waals surface area contributed by atoms with Crippen LogP contribution in [-0.2, 0) is 0 Å². The van der Waals surface area contributed by atoms with Crippen LogP contribution in [0.15, 0.2) is 27.7 Å². The van der Waals surface area contributed by atoms with Crippen LogP contribution >= 0.6 is 15.9 Å². The van der Waals surface area contributed by atoms with Crippen molar-refractivity contribution in [2.24, 2.45) is 4.99 Å². The summed E-state index contributed by atoms with van der Waals surface area (Å²) in [5.74, 6) is 0.140. The highest BCUT2D eigenvalue weighted by molar-refractivity contribution is 9.10. The number of Topliss-reactive ketones (excluding diaryl/α,β-unsaturated/α-hetero) is 1. The van der Waals surface area contributed by atoms with Crippen molar-refractivity contribution in [3.8, 4) is 0 Å². The summed E-state index contributed by atoms with van der Waals surface area (Å²) in [6.07, 6.45) is 2.07. The van der Waals surface area contributed by atoms with Gasteiger partial charge in [-0.15, -0.1) is 0 Å². The van der Waals surface area contributed by atoms with Crippen molar-refractivity contribution in [2.75, 3.05) is 0 Å². The van der Waals surface area contributed by atoms with E-state index in [-0.39, 0.29) is 5.78 Å². The maximum absolute atomic E-state index is 11.3. The Kier molecular flexibility index (Phi) is 1.81. The second-order valence-corrected chi connectivity index (χ2v) is 3.43. The van der Waals surface area contributed by atoms with Crippen molar-refractivity contribution in [1.29, 1.82) is 0 Å². The molecule has 0 spiro atoms. The summed E-state index contributed by atoms with van der Waals surface area (Å²) in [6.45, 7) is 0. The molecule has 0 aromatic heterocycles. The molecule has 0 saturated heterocycles. The van der Waals surface area contributed by atoms with E-state index in [2.05, 4.69) is 20.9 Å². The lowest BCUT2D eigenvalue weighted by Gasteiger charge is -2.08. The fourth-order valence-corrected chi connectivity index (χ4v) is 1.67. The van der Waals surface area contributed by atoms with E-state index in [4.69, 9.17) is 0 Å². The average molecular weight is 224 g/mol.